The fourth-order valence-corrected chi connectivity index (χ4v) is 2.59. The first kappa shape index (κ1) is 15.3. The number of aryl methyl sites for hydroxylation is 1. The molecule has 8 heteroatoms. The Hall–Kier alpha value is -2.09. The van der Waals surface area contributed by atoms with Crippen LogP contribution in [0.25, 0.3) is 0 Å². The van der Waals surface area contributed by atoms with Gasteiger partial charge in [0.1, 0.15) is 10.7 Å². The zero-order valence-electron chi connectivity index (χ0n) is 12.0. The quantitative estimate of drug-likeness (QED) is 0.643. The minimum absolute atomic E-state index is 0.167. The average molecular weight is 308 g/mol. The van der Waals surface area contributed by atoms with E-state index < -0.39 is 0 Å². The van der Waals surface area contributed by atoms with Crippen molar-refractivity contribution in [1.82, 2.24) is 19.9 Å². The molecule has 0 bridgehead atoms. The molecule has 0 aliphatic heterocycles. The zero-order valence-corrected chi connectivity index (χ0v) is 12.8. The lowest BCUT2D eigenvalue weighted by Gasteiger charge is -2.04. The van der Waals surface area contributed by atoms with E-state index in [1.54, 1.807) is 12.5 Å². The SMILES string of the molecule is CCCNc1nc(N)c(C(=O)NCCCn2ccnc2)s1. The van der Waals surface area contributed by atoms with Crippen LogP contribution in [-0.2, 0) is 6.54 Å². The second kappa shape index (κ2) is 7.63. The maximum atomic E-state index is 12.0. The van der Waals surface area contributed by atoms with E-state index in [0.717, 1.165) is 25.9 Å². The number of aromatic nitrogens is 3. The Morgan fingerprint density at radius 3 is 3.05 bits per heavy atom. The van der Waals surface area contributed by atoms with E-state index in [4.69, 9.17) is 5.73 Å². The van der Waals surface area contributed by atoms with Gasteiger partial charge in [0.25, 0.3) is 5.91 Å². The predicted molar refractivity (Wildman–Crippen MR) is 84.5 cm³/mol. The molecule has 0 aliphatic carbocycles. The number of hydrogen-bond acceptors (Lipinski definition) is 6. The highest BCUT2D eigenvalue weighted by molar-refractivity contribution is 7.18. The molecule has 0 fully saturated rings. The molecule has 4 N–H and O–H groups in total. The Morgan fingerprint density at radius 1 is 1.48 bits per heavy atom. The van der Waals surface area contributed by atoms with Gasteiger partial charge in [-0.05, 0) is 12.8 Å². The smallest absolute Gasteiger partial charge is 0.265 e. The molecule has 0 atom stereocenters. The highest BCUT2D eigenvalue weighted by atomic mass is 32.1. The van der Waals surface area contributed by atoms with Crippen molar-refractivity contribution in [1.29, 1.82) is 0 Å². The number of imidazole rings is 1. The number of carbonyl (C=O) groups is 1. The molecule has 1 amide bonds. The molecule has 114 valence electrons. The van der Waals surface area contributed by atoms with Gasteiger partial charge in [0, 0.05) is 32.0 Å². The first-order valence-electron chi connectivity index (χ1n) is 6.94. The van der Waals surface area contributed by atoms with E-state index in [2.05, 4.69) is 27.5 Å². The average Bonchev–Trinajstić information content (AvgIpc) is 3.10. The van der Waals surface area contributed by atoms with Crippen LogP contribution in [0.4, 0.5) is 10.9 Å². The zero-order chi connectivity index (χ0) is 15.1. The summed E-state index contributed by atoms with van der Waals surface area (Å²) in [6.07, 6.45) is 7.22. The monoisotopic (exact) mass is 308 g/mol. The largest absolute Gasteiger partial charge is 0.382 e. The molecule has 21 heavy (non-hydrogen) atoms. The van der Waals surface area contributed by atoms with Crippen LogP contribution < -0.4 is 16.4 Å². The third-order valence-electron chi connectivity index (χ3n) is 2.82. The summed E-state index contributed by atoms with van der Waals surface area (Å²) < 4.78 is 1.97. The number of anilines is 2. The molecule has 2 rings (SSSR count). The molecular formula is C13H20N6OS. The highest BCUT2D eigenvalue weighted by Crippen LogP contribution is 2.24. The maximum Gasteiger partial charge on any atom is 0.265 e. The molecule has 0 saturated carbocycles. The second-order valence-electron chi connectivity index (χ2n) is 4.57. The number of nitrogens with zero attached hydrogens (tertiary/aromatic N) is 3. The number of amides is 1. The maximum absolute atomic E-state index is 12.0. The van der Waals surface area contributed by atoms with E-state index in [1.807, 2.05) is 10.8 Å². The summed E-state index contributed by atoms with van der Waals surface area (Å²) in [6, 6.07) is 0. The minimum atomic E-state index is -0.167. The third kappa shape index (κ3) is 4.45. The number of nitrogens with two attached hydrogens (primary N) is 1. The normalized spacial score (nSPS) is 10.5. The first-order valence-corrected chi connectivity index (χ1v) is 7.76. The summed E-state index contributed by atoms with van der Waals surface area (Å²) in [7, 11) is 0. The standard InChI is InChI=1S/C13H20N6OS/c1-2-4-17-13-18-11(14)10(21-13)12(20)16-5-3-7-19-8-6-15-9-19/h6,8-9H,2-5,7,14H2,1H3,(H,16,20)(H,17,18). The van der Waals surface area contributed by atoms with Gasteiger partial charge in [-0.25, -0.2) is 9.97 Å². The van der Waals surface area contributed by atoms with Gasteiger partial charge in [0.2, 0.25) is 0 Å². The van der Waals surface area contributed by atoms with Crippen LogP contribution in [0, 0.1) is 0 Å². The molecule has 0 unspecified atom stereocenters. The summed E-state index contributed by atoms with van der Waals surface area (Å²) in [5.41, 5.74) is 5.78. The topological polar surface area (TPSA) is 97.9 Å². The van der Waals surface area contributed by atoms with E-state index in [-0.39, 0.29) is 11.7 Å². The fraction of sp³-hybridized carbons (Fsp3) is 0.462. The Bertz CT molecular complexity index is 565. The number of nitrogens with one attached hydrogen (secondary N) is 2. The van der Waals surface area contributed by atoms with Crippen molar-refractivity contribution in [3.8, 4) is 0 Å². The molecule has 0 aromatic carbocycles. The van der Waals surface area contributed by atoms with Crippen LogP contribution in [0.1, 0.15) is 29.4 Å². The van der Waals surface area contributed by atoms with Crippen LogP contribution >= 0.6 is 11.3 Å². The molecule has 2 aromatic heterocycles. The molecule has 7 nitrogen and oxygen atoms in total. The molecule has 2 aromatic rings. The summed E-state index contributed by atoms with van der Waals surface area (Å²) in [5.74, 6) is 0.117. The highest BCUT2D eigenvalue weighted by Gasteiger charge is 2.15. The Morgan fingerprint density at radius 2 is 2.33 bits per heavy atom. The summed E-state index contributed by atoms with van der Waals surface area (Å²) in [5, 5.41) is 6.69. The van der Waals surface area contributed by atoms with Crippen molar-refractivity contribution in [2.24, 2.45) is 0 Å². The summed E-state index contributed by atoms with van der Waals surface area (Å²) in [6.45, 7) is 4.30. The molecule has 0 radical (unpaired) electrons. The van der Waals surface area contributed by atoms with Gasteiger partial charge in [-0.1, -0.05) is 18.3 Å². The van der Waals surface area contributed by atoms with Crippen LogP contribution in [0.3, 0.4) is 0 Å². The van der Waals surface area contributed by atoms with Gasteiger partial charge >= 0.3 is 0 Å². The number of rotatable bonds is 8. The van der Waals surface area contributed by atoms with Crippen molar-refractivity contribution in [3.05, 3.63) is 23.6 Å². The van der Waals surface area contributed by atoms with E-state index >= 15 is 0 Å². The number of thiazole rings is 1. The van der Waals surface area contributed by atoms with Gasteiger partial charge in [-0.3, -0.25) is 4.79 Å². The molecular weight excluding hydrogens is 288 g/mol. The summed E-state index contributed by atoms with van der Waals surface area (Å²) >= 11 is 1.29. The van der Waals surface area contributed by atoms with E-state index in [1.165, 1.54) is 11.3 Å². The van der Waals surface area contributed by atoms with E-state index in [9.17, 15) is 4.79 Å². The van der Waals surface area contributed by atoms with Crippen molar-refractivity contribution in [3.63, 3.8) is 0 Å². The number of hydrogen-bond donors (Lipinski definition) is 3. The van der Waals surface area contributed by atoms with E-state index in [0.29, 0.717) is 16.6 Å². The van der Waals surface area contributed by atoms with Crippen molar-refractivity contribution >= 4 is 28.2 Å². The van der Waals surface area contributed by atoms with Crippen LogP contribution in [0.5, 0.6) is 0 Å². The third-order valence-corrected chi connectivity index (χ3v) is 3.85. The van der Waals surface area contributed by atoms with Crippen LogP contribution in [0.15, 0.2) is 18.7 Å². The Kier molecular flexibility index (Phi) is 5.56. The first-order chi connectivity index (χ1) is 10.2. The van der Waals surface area contributed by atoms with Gasteiger partial charge in [-0.15, -0.1) is 0 Å². The predicted octanol–water partition coefficient (Wildman–Crippen LogP) is 1.56. The Labute approximate surface area is 127 Å². The lowest BCUT2D eigenvalue weighted by Crippen LogP contribution is -2.25. The lowest BCUT2D eigenvalue weighted by molar-refractivity contribution is 0.0957. The number of carbonyl (C=O) groups excluding carboxylic acids is 1. The Balaban J connectivity index is 1.78. The summed E-state index contributed by atoms with van der Waals surface area (Å²) in [4.78, 5) is 20.6. The van der Waals surface area contributed by atoms with Gasteiger partial charge in [0.15, 0.2) is 5.13 Å². The fourth-order valence-electron chi connectivity index (χ4n) is 1.76. The lowest BCUT2D eigenvalue weighted by atomic mass is 10.4. The number of nitrogen functional groups attached to an aromatic ring is 1. The van der Waals surface area contributed by atoms with Crippen LogP contribution in [0.2, 0.25) is 0 Å². The molecule has 0 aliphatic rings. The van der Waals surface area contributed by atoms with Gasteiger partial charge < -0.3 is 20.9 Å². The van der Waals surface area contributed by atoms with Crippen molar-refractivity contribution in [2.45, 2.75) is 26.3 Å². The van der Waals surface area contributed by atoms with Gasteiger partial charge in [-0.2, -0.15) is 0 Å². The molecule has 2 heterocycles. The van der Waals surface area contributed by atoms with Crippen LogP contribution in [-0.4, -0.2) is 33.5 Å². The van der Waals surface area contributed by atoms with Crippen molar-refractivity contribution < 1.29 is 4.79 Å². The molecule has 0 saturated heterocycles. The second-order valence-corrected chi connectivity index (χ2v) is 5.57. The van der Waals surface area contributed by atoms with Gasteiger partial charge in [0.05, 0.1) is 6.33 Å². The van der Waals surface area contributed by atoms with Crippen molar-refractivity contribution in [2.75, 3.05) is 24.1 Å². The minimum Gasteiger partial charge on any atom is -0.382 e. The molecule has 0 spiro atoms.